The molecular weight excluding hydrogens is 372 g/mol. The molecule has 2 aromatic rings. The standard InChI is InChI=1S/C18H13BrN2O3/c1-11(19)17(23)20-13-7-8-15-14(9-13)16(22)18(24)21(15)10-12-5-3-2-4-6-12/h2-9H,1,10H2,(H,20,23). The van der Waals surface area contributed by atoms with Crippen LogP contribution in [-0.4, -0.2) is 17.6 Å². The highest BCUT2D eigenvalue weighted by Crippen LogP contribution is 2.32. The Bertz CT molecular complexity index is 862. The Balaban J connectivity index is 1.90. The molecule has 5 nitrogen and oxygen atoms in total. The maximum absolute atomic E-state index is 12.3. The molecule has 0 unspecified atom stereocenters. The van der Waals surface area contributed by atoms with Gasteiger partial charge in [-0.1, -0.05) is 36.9 Å². The van der Waals surface area contributed by atoms with Crippen molar-refractivity contribution >= 4 is 44.9 Å². The summed E-state index contributed by atoms with van der Waals surface area (Å²) in [5.74, 6) is -1.55. The third kappa shape index (κ3) is 3.00. The quantitative estimate of drug-likeness (QED) is 0.649. The first-order valence-electron chi connectivity index (χ1n) is 7.17. The summed E-state index contributed by atoms with van der Waals surface area (Å²) >= 11 is 2.99. The van der Waals surface area contributed by atoms with E-state index in [0.29, 0.717) is 17.9 Å². The number of nitrogens with zero attached hydrogens (tertiary/aromatic N) is 1. The van der Waals surface area contributed by atoms with Crippen LogP contribution in [0.15, 0.2) is 59.6 Å². The van der Waals surface area contributed by atoms with Gasteiger partial charge in [-0.2, -0.15) is 0 Å². The lowest BCUT2D eigenvalue weighted by molar-refractivity contribution is -0.114. The first-order chi connectivity index (χ1) is 11.5. The minimum atomic E-state index is -0.574. The van der Waals surface area contributed by atoms with Crippen molar-refractivity contribution in [3.8, 4) is 0 Å². The van der Waals surface area contributed by atoms with Gasteiger partial charge in [-0.25, -0.2) is 0 Å². The van der Waals surface area contributed by atoms with Gasteiger partial charge in [0.25, 0.3) is 17.6 Å². The smallest absolute Gasteiger partial charge is 0.299 e. The third-order valence-electron chi connectivity index (χ3n) is 3.66. The molecule has 0 saturated heterocycles. The van der Waals surface area contributed by atoms with E-state index in [4.69, 9.17) is 0 Å². The Kier molecular flexibility index (Phi) is 4.31. The van der Waals surface area contributed by atoms with Crippen molar-refractivity contribution in [1.29, 1.82) is 0 Å². The Labute approximate surface area is 147 Å². The molecule has 2 aromatic carbocycles. The highest BCUT2D eigenvalue weighted by molar-refractivity contribution is 9.12. The molecule has 6 heteroatoms. The van der Waals surface area contributed by atoms with Crippen molar-refractivity contribution in [2.24, 2.45) is 0 Å². The second-order valence-corrected chi connectivity index (χ2v) is 6.25. The summed E-state index contributed by atoms with van der Waals surface area (Å²) < 4.78 is 0.177. The predicted octanol–water partition coefficient (Wildman–Crippen LogP) is 3.26. The fourth-order valence-corrected chi connectivity index (χ4v) is 2.60. The Morgan fingerprint density at radius 1 is 1.12 bits per heavy atom. The molecule has 1 aliphatic heterocycles. The fourth-order valence-electron chi connectivity index (χ4n) is 2.50. The highest BCUT2D eigenvalue weighted by Gasteiger charge is 2.35. The van der Waals surface area contributed by atoms with Crippen molar-refractivity contribution in [2.75, 3.05) is 10.2 Å². The normalized spacial score (nSPS) is 13.0. The summed E-state index contributed by atoms with van der Waals surface area (Å²) in [6.07, 6.45) is 0. The van der Waals surface area contributed by atoms with E-state index in [0.717, 1.165) is 5.56 Å². The van der Waals surface area contributed by atoms with E-state index in [1.54, 1.807) is 12.1 Å². The van der Waals surface area contributed by atoms with Crippen LogP contribution in [0.3, 0.4) is 0 Å². The van der Waals surface area contributed by atoms with E-state index in [9.17, 15) is 14.4 Å². The molecule has 0 aromatic heterocycles. The monoisotopic (exact) mass is 384 g/mol. The summed E-state index contributed by atoms with van der Waals surface area (Å²) in [6.45, 7) is 3.81. The molecule has 1 heterocycles. The van der Waals surface area contributed by atoms with E-state index in [1.165, 1.54) is 11.0 Å². The highest BCUT2D eigenvalue weighted by atomic mass is 79.9. The summed E-state index contributed by atoms with van der Waals surface area (Å²) in [5.41, 5.74) is 2.19. The molecule has 0 bridgehead atoms. The van der Waals surface area contributed by atoms with Gasteiger partial charge in [-0.15, -0.1) is 0 Å². The van der Waals surface area contributed by atoms with E-state index in [2.05, 4.69) is 27.8 Å². The number of carbonyl (C=O) groups is 3. The van der Waals surface area contributed by atoms with E-state index in [-0.39, 0.29) is 10.0 Å². The van der Waals surface area contributed by atoms with Crippen LogP contribution >= 0.6 is 15.9 Å². The summed E-state index contributed by atoms with van der Waals surface area (Å²) in [6, 6.07) is 14.3. The van der Waals surface area contributed by atoms with Crippen LogP contribution in [0.25, 0.3) is 0 Å². The number of rotatable bonds is 4. The molecule has 120 valence electrons. The van der Waals surface area contributed by atoms with Gasteiger partial charge in [-0.05, 0) is 39.7 Å². The lowest BCUT2D eigenvalue weighted by atomic mass is 10.1. The number of benzene rings is 2. The largest absolute Gasteiger partial charge is 0.322 e. The number of hydrogen-bond donors (Lipinski definition) is 1. The summed E-state index contributed by atoms with van der Waals surface area (Å²) in [4.78, 5) is 37.6. The molecule has 24 heavy (non-hydrogen) atoms. The van der Waals surface area contributed by atoms with Crippen molar-refractivity contribution in [3.05, 3.63) is 70.7 Å². The molecule has 0 saturated carbocycles. The third-order valence-corrected chi connectivity index (χ3v) is 4.02. The maximum Gasteiger partial charge on any atom is 0.299 e. The number of carbonyl (C=O) groups excluding carboxylic acids is 3. The average molecular weight is 385 g/mol. The van der Waals surface area contributed by atoms with Crippen LogP contribution < -0.4 is 10.2 Å². The molecule has 0 spiro atoms. The first-order valence-corrected chi connectivity index (χ1v) is 7.96. The number of hydrogen-bond acceptors (Lipinski definition) is 3. The van der Waals surface area contributed by atoms with Crippen LogP contribution in [0.5, 0.6) is 0 Å². The number of fused-ring (bicyclic) bond motifs is 1. The van der Waals surface area contributed by atoms with Crippen molar-refractivity contribution < 1.29 is 14.4 Å². The van der Waals surface area contributed by atoms with Gasteiger partial charge in [0.05, 0.1) is 22.3 Å². The van der Waals surface area contributed by atoms with Gasteiger partial charge in [0.1, 0.15) is 0 Å². The predicted molar refractivity (Wildman–Crippen MR) is 95.1 cm³/mol. The number of halogens is 1. The number of nitrogens with one attached hydrogen (secondary N) is 1. The zero-order valence-corrected chi connectivity index (χ0v) is 14.2. The van der Waals surface area contributed by atoms with E-state index < -0.39 is 17.6 Å². The average Bonchev–Trinajstić information content (AvgIpc) is 2.80. The molecule has 0 aliphatic carbocycles. The molecule has 0 atom stereocenters. The lowest BCUT2D eigenvalue weighted by Gasteiger charge is -2.16. The van der Waals surface area contributed by atoms with E-state index in [1.807, 2.05) is 30.3 Å². The van der Waals surface area contributed by atoms with Gasteiger partial charge in [-0.3, -0.25) is 14.4 Å². The van der Waals surface area contributed by atoms with E-state index >= 15 is 0 Å². The zero-order valence-electron chi connectivity index (χ0n) is 12.6. The van der Waals surface area contributed by atoms with Crippen LogP contribution in [0, 0.1) is 0 Å². The lowest BCUT2D eigenvalue weighted by Crippen LogP contribution is -2.29. The second-order valence-electron chi connectivity index (χ2n) is 5.30. The molecule has 1 N–H and O–H groups in total. The first kappa shape index (κ1) is 16.1. The van der Waals surface area contributed by atoms with Crippen molar-refractivity contribution in [1.82, 2.24) is 0 Å². The molecular formula is C18H13BrN2O3. The molecule has 0 fully saturated rings. The van der Waals surface area contributed by atoms with Gasteiger partial charge in [0.2, 0.25) is 0 Å². The van der Waals surface area contributed by atoms with Gasteiger partial charge < -0.3 is 10.2 Å². The van der Waals surface area contributed by atoms with Gasteiger partial charge >= 0.3 is 0 Å². The SMILES string of the molecule is C=C(Br)C(=O)Nc1ccc2c(c1)C(=O)C(=O)N2Cc1ccccc1. The van der Waals surface area contributed by atoms with Gasteiger partial charge in [0.15, 0.2) is 0 Å². The summed E-state index contributed by atoms with van der Waals surface area (Å²) in [5, 5.41) is 2.60. The maximum atomic E-state index is 12.3. The van der Waals surface area contributed by atoms with Gasteiger partial charge in [0, 0.05) is 5.69 Å². The summed E-state index contributed by atoms with van der Waals surface area (Å²) in [7, 11) is 0. The zero-order chi connectivity index (χ0) is 17.3. The second kappa shape index (κ2) is 6.41. The topological polar surface area (TPSA) is 66.5 Å². The van der Waals surface area contributed by atoms with Crippen LogP contribution in [0.1, 0.15) is 15.9 Å². The minimum absolute atomic E-state index is 0.177. The Hall–Kier alpha value is -2.73. The van der Waals surface area contributed by atoms with Crippen LogP contribution in [0.2, 0.25) is 0 Å². The molecule has 2 amide bonds. The van der Waals surface area contributed by atoms with Crippen LogP contribution in [-0.2, 0) is 16.1 Å². The molecule has 3 rings (SSSR count). The fraction of sp³-hybridized carbons (Fsp3) is 0.0556. The molecule has 1 aliphatic rings. The molecule has 0 radical (unpaired) electrons. The number of ketones is 1. The minimum Gasteiger partial charge on any atom is -0.322 e. The number of anilines is 2. The van der Waals surface area contributed by atoms with Crippen molar-refractivity contribution in [3.63, 3.8) is 0 Å². The number of amides is 2. The Morgan fingerprint density at radius 2 is 1.83 bits per heavy atom. The number of Topliss-reactive ketones (excluding diaryl/α,β-unsaturated/α-hetero) is 1. The van der Waals surface area contributed by atoms with Crippen LogP contribution in [0.4, 0.5) is 11.4 Å². The Morgan fingerprint density at radius 3 is 2.50 bits per heavy atom. The van der Waals surface area contributed by atoms with Crippen molar-refractivity contribution in [2.45, 2.75) is 6.54 Å².